The Morgan fingerprint density at radius 1 is 1.00 bits per heavy atom. The minimum Gasteiger partial charge on any atom is -0.381 e. The molecule has 0 saturated heterocycles. The predicted molar refractivity (Wildman–Crippen MR) is 78.2 cm³/mol. The summed E-state index contributed by atoms with van der Waals surface area (Å²) in [5, 5.41) is 3.52. The second-order valence-electron chi connectivity index (χ2n) is 4.83. The van der Waals surface area contributed by atoms with Crippen molar-refractivity contribution >= 4 is 16.6 Å². The zero-order valence-electron chi connectivity index (χ0n) is 11.3. The standard InChI is InChI=1S/C16H11F3N2O/c17-12-5-9(6-13(18)16(12)19)8-21-10-1-2-11-14(7-10)20-4-3-15(11)22/h1-7,21H,8H2,(H,20,22). The Labute approximate surface area is 123 Å². The van der Waals surface area contributed by atoms with Gasteiger partial charge in [-0.25, -0.2) is 13.2 Å². The smallest absolute Gasteiger partial charge is 0.194 e. The number of hydrogen-bond acceptors (Lipinski definition) is 2. The van der Waals surface area contributed by atoms with Crippen LogP contribution in [0.3, 0.4) is 0 Å². The van der Waals surface area contributed by atoms with Crippen LogP contribution in [0.2, 0.25) is 0 Å². The molecule has 0 saturated carbocycles. The first-order valence-corrected chi connectivity index (χ1v) is 6.53. The van der Waals surface area contributed by atoms with Crippen molar-refractivity contribution in [3.05, 3.63) is 75.8 Å². The van der Waals surface area contributed by atoms with Crippen molar-refractivity contribution in [1.82, 2.24) is 4.98 Å². The Balaban J connectivity index is 1.84. The second-order valence-corrected chi connectivity index (χ2v) is 4.83. The Bertz CT molecular complexity index is 882. The summed E-state index contributed by atoms with van der Waals surface area (Å²) in [6.45, 7) is 0.122. The highest BCUT2D eigenvalue weighted by atomic mass is 19.2. The summed E-state index contributed by atoms with van der Waals surface area (Å²) < 4.78 is 39.2. The summed E-state index contributed by atoms with van der Waals surface area (Å²) in [5.74, 6) is -3.92. The average molecular weight is 304 g/mol. The number of H-pyrrole nitrogens is 1. The maximum absolute atomic E-state index is 13.1. The molecule has 0 aliphatic rings. The molecule has 22 heavy (non-hydrogen) atoms. The maximum atomic E-state index is 13.1. The van der Waals surface area contributed by atoms with Crippen molar-refractivity contribution < 1.29 is 13.2 Å². The summed E-state index contributed by atoms with van der Waals surface area (Å²) in [7, 11) is 0. The molecule has 0 fully saturated rings. The van der Waals surface area contributed by atoms with Crippen LogP contribution in [0.15, 0.2) is 47.4 Å². The fourth-order valence-electron chi connectivity index (χ4n) is 2.20. The van der Waals surface area contributed by atoms with Crippen LogP contribution in [0.4, 0.5) is 18.9 Å². The highest BCUT2D eigenvalue weighted by Gasteiger charge is 2.10. The molecule has 6 heteroatoms. The highest BCUT2D eigenvalue weighted by Crippen LogP contribution is 2.17. The number of aromatic nitrogens is 1. The third kappa shape index (κ3) is 2.67. The van der Waals surface area contributed by atoms with Crippen molar-refractivity contribution in [2.24, 2.45) is 0 Å². The van der Waals surface area contributed by atoms with E-state index in [1.54, 1.807) is 24.4 Å². The van der Waals surface area contributed by atoms with Crippen LogP contribution in [-0.2, 0) is 6.54 Å². The van der Waals surface area contributed by atoms with Crippen LogP contribution in [0.5, 0.6) is 0 Å². The molecule has 0 spiro atoms. The van der Waals surface area contributed by atoms with Crippen molar-refractivity contribution in [3.8, 4) is 0 Å². The second kappa shape index (κ2) is 5.55. The van der Waals surface area contributed by atoms with Gasteiger partial charge in [0.25, 0.3) is 0 Å². The van der Waals surface area contributed by atoms with E-state index in [1.807, 2.05) is 0 Å². The highest BCUT2D eigenvalue weighted by molar-refractivity contribution is 5.81. The zero-order chi connectivity index (χ0) is 15.7. The van der Waals surface area contributed by atoms with Gasteiger partial charge in [-0.2, -0.15) is 0 Å². The molecule has 0 aliphatic heterocycles. The number of pyridine rings is 1. The Morgan fingerprint density at radius 3 is 2.45 bits per heavy atom. The van der Waals surface area contributed by atoms with Gasteiger partial charge in [0, 0.05) is 29.9 Å². The lowest BCUT2D eigenvalue weighted by atomic mass is 10.1. The quantitative estimate of drug-likeness (QED) is 0.727. The van der Waals surface area contributed by atoms with Gasteiger partial charge in [0.1, 0.15) is 0 Å². The molecule has 3 rings (SSSR count). The first kappa shape index (κ1) is 14.2. The molecule has 1 aromatic heterocycles. The molecule has 2 aromatic carbocycles. The largest absolute Gasteiger partial charge is 0.381 e. The normalized spacial score (nSPS) is 10.9. The number of halogens is 3. The van der Waals surface area contributed by atoms with Gasteiger partial charge in [-0.05, 0) is 35.9 Å². The summed E-state index contributed by atoms with van der Waals surface area (Å²) in [5.41, 5.74) is 1.49. The first-order chi connectivity index (χ1) is 10.5. The van der Waals surface area contributed by atoms with E-state index in [9.17, 15) is 18.0 Å². The molecule has 0 amide bonds. The lowest BCUT2D eigenvalue weighted by molar-refractivity contribution is 0.445. The molecule has 112 valence electrons. The van der Waals surface area contributed by atoms with E-state index in [4.69, 9.17) is 0 Å². The Kier molecular flexibility index (Phi) is 3.58. The molecule has 0 radical (unpaired) electrons. The summed E-state index contributed by atoms with van der Waals surface area (Å²) in [4.78, 5) is 14.6. The third-order valence-electron chi connectivity index (χ3n) is 3.30. The van der Waals surface area contributed by atoms with Gasteiger partial charge in [0.15, 0.2) is 22.9 Å². The first-order valence-electron chi connectivity index (χ1n) is 6.53. The fourth-order valence-corrected chi connectivity index (χ4v) is 2.20. The molecule has 1 heterocycles. The van der Waals surface area contributed by atoms with E-state index in [0.717, 1.165) is 12.1 Å². The van der Waals surface area contributed by atoms with Gasteiger partial charge in [-0.3, -0.25) is 4.79 Å². The summed E-state index contributed by atoms with van der Waals surface area (Å²) in [6, 6.07) is 8.37. The minimum absolute atomic E-state index is 0.0945. The molecule has 0 bridgehead atoms. The van der Waals surface area contributed by atoms with Gasteiger partial charge in [-0.15, -0.1) is 0 Å². The van der Waals surface area contributed by atoms with E-state index in [1.165, 1.54) is 6.07 Å². The number of benzene rings is 2. The molecule has 2 N–H and O–H groups in total. The van der Waals surface area contributed by atoms with E-state index >= 15 is 0 Å². The van der Waals surface area contributed by atoms with Crippen molar-refractivity contribution in [3.63, 3.8) is 0 Å². The molecule has 0 atom stereocenters. The van der Waals surface area contributed by atoms with Crippen LogP contribution >= 0.6 is 0 Å². The van der Waals surface area contributed by atoms with Crippen LogP contribution in [0.25, 0.3) is 10.9 Å². The van der Waals surface area contributed by atoms with Crippen molar-refractivity contribution in [1.29, 1.82) is 0 Å². The number of rotatable bonds is 3. The lowest BCUT2D eigenvalue weighted by Gasteiger charge is -2.08. The van der Waals surface area contributed by atoms with Gasteiger partial charge < -0.3 is 10.3 Å². The molecule has 0 unspecified atom stereocenters. The number of nitrogens with one attached hydrogen (secondary N) is 2. The van der Waals surface area contributed by atoms with Crippen LogP contribution in [0.1, 0.15) is 5.56 Å². The van der Waals surface area contributed by atoms with Crippen LogP contribution < -0.4 is 10.7 Å². The van der Waals surface area contributed by atoms with E-state index < -0.39 is 17.5 Å². The zero-order valence-corrected chi connectivity index (χ0v) is 11.3. The molecular formula is C16H11F3N2O. The molecule has 3 aromatic rings. The monoisotopic (exact) mass is 304 g/mol. The summed E-state index contributed by atoms with van der Waals surface area (Å²) in [6.07, 6.45) is 1.54. The van der Waals surface area contributed by atoms with Crippen LogP contribution in [-0.4, -0.2) is 4.98 Å². The van der Waals surface area contributed by atoms with Crippen molar-refractivity contribution in [2.45, 2.75) is 6.54 Å². The van der Waals surface area contributed by atoms with Gasteiger partial charge in [0.2, 0.25) is 0 Å². The Morgan fingerprint density at radius 2 is 1.73 bits per heavy atom. The maximum Gasteiger partial charge on any atom is 0.194 e. The fraction of sp³-hybridized carbons (Fsp3) is 0.0625. The number of aromatic amines is 1. The number of fused-ring (bicyclic) bond motifs is 1. The molecule has 0 aliphatic carbocycles. The molecule has 3 nitrogen and oxygen atoms in total. The Hall–Kier alpha value is -2.76. The number of hydrogen-bond donors (Lipinski definition) is 2. The minimum atomic E-state index is -1.48. The van der Waals surface area contributed by atoms with E-state index in [2.05, 4.69) is 10.3 Å². The van der Waals surface area contributed by atoms with Crippen molar-refractivity contribution in [2.75, 3.05) is 5.32 Å². The average Bonchev–Trinajstić information content (AvgIpc) is 2.50. The summed E-state index contributed by atoms with van der Waals surface area (Å²) >= 11 is 0. The van der Waals surface area contributed by atoms with Crippen LogP contribution in [0, 0.1) is 17.5 Å². The topological polar surface area (TPSA) is 44.9 Å². The predicted octanol–water partition coefficient (Wildman–Crippen LogP) is 3.56. The molecular weight excluding hydrogens is 293 g/mol. The third-order valence-corrected chi connectivity index (χ3v) is 3.30. The SMILES string of the molecule is O=c1cc[nH]c2cc(NCc3cc(F)c(F)c(F)c3)ccc12. The van der Waals surface area contributed by atoms with Gasteiger partial charge in [-0.1, -0.05) is 0 Å². The van der Waals surface area contributed by atoms with Gasteiger partial charge >= 0.3 is 0 Å². The lowest BCUT2D eigenvalue weighted by Crippen LogP contribution is -2.04. The van der Waals surface area contributed by atoms with E-state index in [-0.39, 0.29) is 17.5 Å². The van der Waals surface area contributed by atoms with E-state index in [0.29, 0.717) is 16.6 Å². The number of anilines is 1. The van der Waals surface area contributed by atoms with Gasteiger partial charge in [0.05, 0.1) is 5.52 Å².